The molecule has 1 aromatic carbocycles. The molecule has 0 spiro atoms. The molecule has 3 aromatic rings. The smallest absolute Gasteiger partial charge is 0.156 e. The average molecular weight is 426 g/mol. The van der Waals surface area contributed by atoms with Gasteiger partial charge in [-0.1, -0.05) is 18.2 Å². The molecule has 0 amide bonds. The fourth-order valence-corrected chi connectivity index (χ4v) is 6.08. The van der Waals surface area contributed by atoms with Crippen molar-refractivity contribution in [3.8, 4) is 0 Å². The minimum Gasteiger partial charge on any atom is -0.357 e. The molecule has 7 rings (SSSR count). The summed E-state index contributed by atoms with van der Waals surface area (Å²) in [5.74, 6) is 0.614. The molecule has 138 valence electrons. The number of aromatic nitrogens is 2. The van der Waals surface area contributed by atoms with E-state index in [1.54, 1.807) is 6.07 Å². The summed E-state index contributed by atoms with van der Waals surface area (Å²) in [7, 11) is 0. The molecule has 2 atom stereocenters. The van der Waals surface area contributed by atoms with Crippen LogP contribution in [0.1, 0.15) is 49.0 Å². The first-order valence-electron chi connectivity index (χ1n) is 9.75. The molecule has 3 aliphatic carbocycles. The van der Waals surface area contributed by atoms with Gasteiger partial charge in [0, 0.05) is 34.4 Å². The number of fused-ring (bicyclic) bond motifs is 3. The highest BCUT2D eigenvalue weighted by Crippen LogP contribution is 2.64. The number of aromatic amines is 1. The maximum absolute atomic E-state index is 14.4. The summed E-state index contributed by atoms with van der Waals surface area (Å²) in [5.41, 5.74) is 5.02. The summed E-state index contributed by atoms with van der Waals surface area (Å²) in [6.45, 7) is 2.33. The number of para-hydroxylation sites is 1. The van der Waals surface area contributed by atoms with Crippen LogP contribution in [0.3, 0.4) is 0 Å². The van der Waals surface area contributed by atoms with Gasteiger partial charge >= 0.3 is 0 Å². The average Bonchev–Trinajstić information content (AvgIpc) is 2.94. The van der Waals surface area contributed by atoms with Gasteiger partial charge in [0.15, 0.2) is 5.82 Å². The highest BCUT2D eigenvalue weighted by atomic mass is 79.9. The molecule has 3 nitrogen and oxygen atoms in total. The minimum absolute atomic E-state index is 0.0347. The van der Waals surface area contributed by atoms with Gasteiger partial charge in [-0.2, -0.15) is 0 Å². The highest BCUT2D eigenvalue weighted by Gasteiger charge is 2.63. The van der Waals surface area contributed by atoms with Gasteiger partial charge in [-0.3, -0.25) is 4.90 Å². The topological polar surface area (TPSA) is 31.9 Å². The van der Waals surface area contributed by atoms with Crippen LogP contribution in [-0.4, -0.2) is 26.4 Å². The van der Waals surface area contributed by atoms with Crippen LogP contribution < -0.4 is 0 Å². The summed E-state index contributed by atoms with van der Waals surface area (Å²) < 4.78 is 14.7. The lowest BCUT2D eigenvalue weighted by Gasteiger charge is -2.70. The quantitative estimate of drug-likeness (QED) is 0.560. The Hall–Kier alpha value is -1.72. The summed E-state index contributed by atoms with van der Waals surface area (Å²) in [5, 5.41) is 1.30. The molecule has 2 aromatic heterocycles. The third-order valence-electron chi connectivity index (χ3n) is 7.06. The van der Waals surface area contributed by atoms with E-state index in [-0.39, 0.29) is 16.5 Å². The van der Waals surface area contributed by atoms with E-state index in [1.807, 2.05) is 6.20 Å². The van der Waals surface area contributed by atoms with Gasteiger partial charge in [-0.15, -0.1) is 0 Å². The van der Waals surface area contributed by atoms with Crippen molar-refractivity contribution in [3.05, 3.63) is 63.8 Å². The van der Waals surface area contributed by atoms with Crippen LogP contribution in [0.4, 0.5) is 4.39 Å². The molecule has 5 heteroatoms. The zero-order valence-corrected chi connectivity index (χ0v) is 16.8. The lowest BCUT2D eigenvalue weighted by molar-refractivity contribution is -0.174. The summed E-state index contributed by atoms with van der Waals surface area (Å²) >= 11 is 3.20. The Morgan fingerprint density at radius 1 is 1.26 bits per heavy atom. The molecular formula is C22H21BrFN3. The van der Waals surface area contributed by atoms with Crippen LogP contribution in [0.5, 0.6) is 0 Å². The maximum atomic E-state index is 14.4. The number of pyridine rings is 1. The number of nitrogens with zero attached hydrogens (tertiary/aromatic N) is 2. The van der Waals surface area contributed by atoms with Crippen molar-refractivity contribution in [2.24, 2.45) is 5.92 Å². The number of hydrogen-bond donors (Lipinski definition) is 1. The van der Waals surface area contributed by atoms with Crippen LogP contribution in [0.25, 0.3) is 10.9 Å². The van der Waals surface area contributed by atoms with Gasteiger partial charge in [0.25, 0.3) is 0 Å². The second kappa shape index (κ2) is 5.42. The minimum atomic E-state index is -0.291. The molecule has 1 aliphatic heterocycles. The van der Waals surface area contributed by atoms with Crippen LogP contribution >= 0.6 is 15.9 Å². The molecule has 0 saturated heterocycles. The van der Waals surface area contributed by atoms with Gasteiger partial charge in [-0.25, -0.2) is 9.37 Å². The fraction of sp³-hybridized carbons (Fsp3) is 0.409. The Bertz CT molecular complexity index is 1060. The highest BCUT2D eigenvalue weighted by molar-refractivity contribution is 9.10. The number of rotatable bonds is 2. The number of benzene rings is 1. The van der Waals surface area contributed by atoms with Crippen molar-refractivity contribution >= 4 is 26.8 Å². The zero-order chi connectivity index (χ0) is 18.3. The Labute approximate surface area is 166 Å². The van der Waals surface area contributed by atoms with Gasteiger partial charge in [0.2, 0.25) is 0 Å². The van der Waals surface area contributed by atoms with E-state index in [0.29, 0.717) is 11.6 Å². The molecule has 2 bridgehead atoms. The zero-order valence-electron chi connectivity index (χ0n) is 15.2. The van der Waals surface area contributed by atoms with Gasteiger partial charge in [0.05, 0.1) is 6.04 Å². The predicted molar refractivity (Wildman–Crippen MR) is 107 cm³/mol. The summed E-state index contributed by atoms with van der Waals surface area (Å²) in [6.07, 6.45) is 6.74. The molecule has 3 saturated carbocycles. The lowest BCUT2D eigenvalue weighted by atomic mass is 9.48. The van der Waals surface area contributed by atoms with E-state index in [2.05, 4.69) is 62.0 Å². The molecule has 3 heterocycles. The van der Waals surface area contributed by atoms with Crippen LogP contribution in [0, 0.1) is 11.7 Å². The second-order valence-electron chi connectivity index (χ2n) is 8.67. The lowest BCUT2D eigenvalue weighted by Crippen LogP contribution is -2.71. The van der Waals surface area contributed by atoms with E-state index in [9.17, 15) is 4.39 Å². The number of halogens is 2. The van der Waals surface area contributed by atoms with E-state index in [4.69, 9.17) is 0 Å². The third kappa shape index (κ3) is 2.13. The first-order chi connectivity index (χ1) is 13.1. The van der Waals surface area contributed by atoms with Crippen molar-refractivity contribution < 1.29 is 4.39 Å². The SMILES string of the molecule is C[C@@H]1Cc2c([nH]c3ccccc23)[C@@H](c2cnc(Br)c(F)c2)N1C12CC(C1)C2. The van der Waals surface area contributed by atoms with E-state index < -0.39 is 0 Å². The van der Waals surface area contributed by atoms with E-state index >= 15 is 0 Å². The van der Waals surface area contributed by atoms with Gasteiger partial charge in [0.1, 0.15) is 4.60 Å². The van der Waals surface area contributed by atoms with Crippen molar-refractivity contribution in [3.63, 3.8) is 0 Å². The Balaban J connectivity index is 1.58. The van der Waals surface area contributed by atoms with Crippen LogP contribution in [0.2, 0.25) is 0 Å². The van der Waals surface area contributed by atoms with Crippen molar-refractivity contribution in [2.45, 2.75) is 50.2 Å². The normalized spacial score (nSPS) is 32.0. The first-order valence-corrected chi connectivity index (χ1v) is 10.5. The molecule has 4 aliphatic rings. The largest absolute Gasteiger partial charge is 0.357 e. The Morgan fingerprint density at radius 3 is 2.74 bits per heavy atom. The number of H-pyrrole nitrogens is 1. The van der Waals surface area contributed by atoms with Crippen molar-refractivity contribution in [1.82, 2.24) is 14.9 Å². The van der Waals surface area contributed by atoms with Crippen LogP contribution in [0.15, 0.2) is 41.1 Å². The molecule has 3 fully saturated rings. The summed E-state index contributed by atoms with van der Waals surface area (Å²) in [6, 6.07) is 10.6. The van der Waals surface area contributed by atoms with Crippen LogP contribution in [-0.2, 0) is 6.42 Å². The fourth-order valence-electron chi connectivity index (χ4n) is 5.86. The Morgan fingerprint density at radius 2 is 2.04 bits per heavy atom. The van der Waals surface area contributed by atoms with Gasteiger partial charge < -0.3 is 4.98 Å². The maximum Gasteiger partial charge on any atom is 0.156 e. The molecule has 1 N–H and O–H groups in total. The van der Waals surface area contributed by atoms with Gasteiger partial charge in [-0.05, 0) is 77.7 Å². The predicted octanol–water partition coefficient (Wildman–Crippen LogP) is 5.35. The molecular weight excluding hydrogens is 405 g/mol. The molecule has 27 heavy (non-hydrogen) atoms. The van der Waals surface area contributed by atoms with Crippen molar-refractivity contribution in [2.75, 3.05) is 0 Å². The summed E-state index contributed by atoms with van der Waals surface area (Å²) in [4.78, 5) is 10.6. The Kier molecular flexibility index (Phi) is 3.26. The first kappa shape index (κ1) is 16.3. The molecule has 0 radical (unpaired) electrons. The third-order valence-corrected chi connectivity index (χ3v) is 7.64. The second-order valence-corrected chi connectivity index (χ2v) is 9.42. The standard InChI is InChI=1S/C22H21BrFN3/c1-12-6-16-15-4-2-3-5-18(15)26-19(16)20(14-7-17(24)21(23)25-11-14)27(12)22-8-13(9-22)10-22/h2-5,7,11-13,20,26H,6,8-10H2,1H3/t12-,13?,20-,22?/m1/s1. The van der Waals surface area contributed by atoms with Crippen molar-refractivity contribution in [1.29, 1.82) is 0 Å². The van der Waals surface area contributed by atoms with E-state index in [0.717, 1.165) is 17.9 Å². The number of hydrogen-bond acceptors (Lipinski definition) is 2. The van der Waals surface area contributed by atoms with E-state index in [1.165, 1.54) is 41.4 Å². The molecule has 0 unspecified atom stereocenters. The number of nitrogens with one attached hydrogen (secondary N) is 1. The monoisotopic (exact) mass is 425 g/mol.